The number of anilines is 1. The summed E-state index contributed by atoms with van der Waals surface area (Å²) >= 11 is 0. The predicted octanol–water partition coefficient (Wildman–Crippen LogP) is 4.59. The molecule has 0 unspecified atom stereocenters. The normalized spacial score (nSPS) is 19.4. The molecule has 6 nitrogen and oxygen atoms in total. The Morgan fingerprint density at radius 1 is 1.18 bits per heavy atom. The zero-order valence-electron chi connectivity index (χ0n) is 16.4. The van der Waals surface area contributed by atoms with Crippen LogP contribution < -0.4 is 20.5 Å². The average molecular weight is 496 g/mol. The first kappa shape index (κ1) is 22.3. The fourth-order valence-corrected chi connectivity index (χ4v) is 3.17. The van der Waals surface area contributed by atoms with Crippen molar-refractivity contribution in [2.75, 3.05) is 12.4 Å². The van der Waals surface area contributed by atoms with Crippen LogP contribution in [0.3, 0.4) is 0 Å². The summed E-state index contributed by atoms with van der Waals surface area (Å²) in [5.74, 6) is 2.64. The molecule has 1 fully saturated rings. The summed E-state index contributed by atoms with van der Waals surface area (Å²) in [7, 11) is 1.64. The van der Waals surface area contributed by atoms with Gasteiger partial charge in [-0.1, -0.05) is 6.92 Å². The van der Waals surface area contributed by atoms with Gasteiger partial charge in [0.05, 0.1) is 13.7 Å². The van der Waals surface area contributed by atoms with Crippen LogP contribution in [-0.4, -0.2) is 24.2 Å². The highest BCUT2D eigenvalue weighted by atomic mass is 127. The molecule has 1 heterocycles. The van der Waals surface area contributed by atoms with Crippen LogP contribution in [0.2, 0.25) is 0 Å². The van der Waals surface area contributed by atoms with Crippen molar-refractivity contribution in [1.82, 2.24) is 4.98 Å². The van der Waals surface area contributed by atoms with Gasteiger partial charge in [0.25, 0.3) is 0 Å². The highest BCUT2D eigenvalue weighted by Crippen LogP contribution is 2.26. The molecule has 0 spiro atoms. The number of halogens is 1. The van der Waals surface area contributed by atoms with Gasteiger partial charge in [0.15, 0.2) is 5.96 Å². The fraction of sp³-hybridized carbons (Fsp3) is 0.429. The van der Waals surface area contributed by atoms with Gasteiger partial charge in [0, 0.05) is 18.0 Å². The summed E-state index contributed by atoms with van der Waals surface area (Å²) in [5, 5.41) is 3.07. The maximum absolute atomic E-state index is 6.05. The number of ether oxygens (including phenoxy) is 2. The third-order valence-electron chi connectivity index (χ3n) is 4.84. The quantitative estimate of drug-likeness (QED) is 0.347. The Morgan fingerprint density at radius 3 is 2.57 bits per heavy atom. The van der Waals surface area contributed by atoms with Gasteiger partial charge in [-0.05, 0) is 67.5 Å². The molecule has 1 aromatic heterocycles. The van der Waals surface area contributed by atoms with Gasteiger partial charge in [-0.2, -0.15) is 0 Å². The minimum absolute atomic E-state index is 0. The second-order valence-corrected chi connectivity index (χ2v) is 7.06. The molecule has 152 valence electrons. The maximum atomic E-state index is 6.05. The number of aliphatic imine (C=N–C) groups is 1. The van der Waals surface area contributed by atoms with Gasteiger partial charge in [-0.15, -0.1) is 24.0 Å². The van der Waals surface area contributed by atoms with E-state index in [0.29, 0.717) is 18.4 Å². The largest absolute Gasteiger partial charge is 0.497 e. The molecule has 0 radical (unpaired) electrons. The van der Waals surface area contributed by atoms with Crippen LogP contribution in [0.1, 0.15) is 38.2 Å². The van der Waals surface area contributed by atoms with Crippen LogP contribution in [0.5, 0.6) is 11.6 Å². The van der Waals surface area contributed by atoms with E-state index >= 15 is 0 Å². The average Bonchev–Trinajstić information content (AvgIpc) is 2.69. The molecule has 0 saturated heterocycles. The van der Waals surface area contributed by atoms with Crippen LogP contribution in [0.25, 0.3) is 0 Å². The Hall–Kier alpha value is -2.03. The number of nitrogens with zero attached hydrogens (tertiary/aromatic N) is 2. The Morgan fingerprint density at radius 2 is 1.89 bits per heavy atom. The Bertz CT molecular complexity index is 759. The van der Waals surface area contributed by atoms with Crippen molar-refractivity contribution in [1.29, 1.82) is 0 Å². The number of hydrogen-bond acceptors (Lipinski definition) is 4. The lowest BCUT2D eigenvalue weighted by Crippen LogP contribution is -2.23. The topological polar surface area (TPSA) is 81.8 Å². The van der Waals surface area contributed by atoms with Gasteiger partial charge >= 0.3 is 0 Å². The van der Waals surface area contributed by atoms with Gasteiger partial charge < -0.3 is 20.5 Å². The highest BCUT2D eigenvalue weighted by Gasteiger charge is 2.19. The van der Waals surface area contributed by atoms with E-state index in [1.165, 1.54) is 12.8 Å². The van der Waals surface area contributed by atoms with Gasteiger partial charge in [-0.3, -0.25) is 0 Å². The second-order valence-electron chi connectivity index (χ2n) is 7.06. The van der Waals surface area contributed by atoms with E-state index < -0.39 is 0 Å². The maximum Gasteiger partial charge on any atom is 0.213 e. The molecule has 1 aromatic carbocycles. The lowest BCUT2D eigenvalue weighted by atomic mass is 9.89. The van der Waals surface area contributed by atoms with E-state index in [2.05, 4.69) is 22.2 Å². The Kier molecular flexibility index (Phi) is 8.82. The second kappa shape index (κ2) is 11.1. The smallest absolute Gasteiger partial charge is 0.213 e. The molecule has 28 heavy (non-hydrogen) atoms. The molecule has 3 rings (SSSR count). The number of benzene rings is 1. The van der Waals surface area contributed by atoms with Crippen molar-refractivity contribution < 1.29 is 9.47 Å². The molecular weight excluding hydrogens is 467 g/mol. The zero-order valence-corrected chi connectivity index (χ0v) is 18.8. The number of aromatic nitrogens is 1. The first-order chi connectivity index (χ1) is 13.1. The minimum atomic E-state index is 0. The molecule has 0 aliphatic heterocycles. The molecule has 1 aliphatic carbocycles. The Balaban J connectivity index is 0.00000280. The first-order valence-corrected chi connectivity index (χ1v) is 9.45. The van der Waals surface area contributed by atoms with E-state index in [0.717, 1.165) is 35.8 Å². The van der Waals surface area contributed by atoms with E-state index in [4.69, 9.17) is 15.2 Å². The van der Waals surface area contributed by atoms with Crippen molar-refractivity contribution in [3.05, 3.63) is 48.2 Å². The van der Waals surface area contributed by atoms with Crippen molar-refractivity contribution in [3.63, 3.8) is 0 Å². The standard InChI is InChI=1S/C21H28N4O2.HI/c1-15-3-7-19(8-4-15)27-20-13-16(11-12-23-20)14-24-21(22)25-17-5-9-18(26-2)10-6-17;/h5-6,9-13,15,19H,3-4,7-8,14H2,1-2H3,(H3,22,24,25);1H. The number of guanidine groups is 1. The number of hydrogen-bond donors (Lipinski definition) is 2. The van der Waals surface area contributed by atoms with E-state index in [-0.39, 0.29) is 30.1 Å². The van der Waals surface area contributed by atoms with Gasteiger partial charge in [0.2, 0.25) is 5.88 Å². The van der Waals surface area contributed by atoms with Gasteiger partial charge in [0.1, 0.15) is 11.9 Å². The summed E-state index contributed by atoms with van der Waals surface area (Å²) in [6.07, 6.45) is 6.69. The molecule has 0 bridgehead atoms. The summed E-state index contributed by atoms with van der Waals surface area (Å²) in [5.41, 5.74) is 7.87. The van der Waals surface area contributed by atoms with Crippen LogP contribution >= 0.6 is 24.0 Å². The van der Waals surface area contributed by atoms with Crippen molar-refractivity contribution in [3.8, 4) is 11.6 Å². The van der Waals surface area contributed by atoms with Crippen LogP contribution in [0.15, 0.2) is 47.6 Å². The van der Waals surface area contributed by atoms with Gasteiger partial charge in [-0.25, -0.2) is 9.98 Å². The zero-order chi connectivity index (χ0) is 19.1. The van der Waals surface area contributed by atoms with Crippen molar-refractivity contribution >= 4 is 35.6 Å². The first-order valence-electron chi connectivity index (χ1n) is 9.45. The number of methoxy groups -OCH3 is 1. The van der Waals surface area contributed by atoms with E-state index in [9.17, 15) is 0 Å². The molecule has 0 atom stereocenters. The van der Waals surface area contributed by atoms with E-state index in [1.54, 1.807) is 13.3 Å². The number of nitrogens with one attached hydrogen (secondary N) is 1. The van der Waals surface area contributed by atoms with Crippen molar-refractivity contribution in [2.24, 2.45) is 16.6 Å². The fourth-order valence-electron chi connectivity index (χ4n) is 3.17. The summed E-state index contributed by atoms with van der Waals surface area (Å²) < 4.78 is 11.2. The van der Waals surface area contributed by atoms with Crippen LogP contribution in [0.4, 0.5) is 5.69 Å². The third kappa shape index (κ3) is 6.85. The van der Waals surface area contributed by atoms with Crippen LogP contribution in [0, 0.1) is 5.92 Å². The summed E-state index contributed by atoms with van der Waals surface area (Å²) in [4.78, 5) is 8.73. The number of rotatable bonds is 6. The Labute approximate surface area is 184 Å². The lowest BCUT2D eigenvalue weighted by Gasteiger charge is -2.26. The molecule has 3 N–H and O–H groups in total. The molecule has 7 heteroatoms. The molecule has 1 saturated carbocycles. The molecule has 1 aliphatic rings. The monoisotopic (exact) mass is 496 g/mol. The summed E-state index contributed by atoms with van der Waals surface area (Å²) in [6.45, 7) is 2.77. The summed E-state index contributed by atoms with van der Waals surface area (Å²) in [6, 6.07) is 11.4. The lowest BCUT2D eigenvalue weighted by molar-refractivity contribution is 0.130. The number of nitrogens with two attached hydrogens (primary N) is 1. The van der Waals surface area contributed by atoms with Crippen molar-refractivity contribution in [2.45, 2.75) is 45.3 Å². The van der Waals surface area contributed by atoms with E-state index in [1.807, 2.05) is 36.4 Å². The third-order valence-corrected chi connectivity index (χ3v) is 4.84. The molecular formula is C21H29IN4O2. The number of pyridine rings is 1. The SMILES string of the molecule is COc1ccc(NC(N)=NCc2ccnc(OC3CCC(C)CC3)c2)cc1.I. The molecule has 0 amide bonds. The highest BCUT2D eigenvalue weighted by molar-refractivity contribution is 14.0. The van der Waals surface area contributed by atoms with Crippen LogP contribution in [-0.2, 0) is 6.54 Å². The minimum Gasteiger partial charge on any atom is -0.497 e. The predicted molar refractivity (Wildman–Crippen MR) is 124 cm³/mol. The molecule has 2 aromatic rings.